The summed E-state index contributed by atoms with van der Waals surface area (Å²) >= 11 is 1.34. The van der Waals surface area contributed by atoms with Gasteiger partial charge in [-0.15, -0.1) is 11.8 Å². The zero-order valence-corrected chi connectivity index (χ0v) is 68.4. The number of alkyl carbamates (subject to hydrolysis) is 1. The van der Waals surface area contributed by atoms with E-state index in [-0.39, 0.29) is 150 Å². The number of hydrogen-bond donors (Lipinski definition) is 9. The molecule has 12 atom stereocenters. The van der Waals surface area contributed by atoms with Crippen molar-refractivity contribution in [3.63, 3.8) is 0 Å². The number of hydrogen-bond acceptors (Lipinski definition) is 19. The van der Waals surface area contributed by atoms with Crippen molar-refractivity contribution >= 4 is 94.8 Å². The highest BCUT2D eigenvalue weighted by atomic mass is 32.2. The molecule has 5 rings (SSSR count). The minimum atomic E-state index is -1.15. The Bertz CT molecular complexity index is 3510. The van der Waals surface area contributed by atoms with Gasteiger partial charge in [0.15, 0.2) is 0 Å². The van der Waals surface area contributed by atoms with E-state index in [2.05, 4.69) is 37.2 Å². The van der Waals surface area contributed by atoms with Crippen LogP contribution in [0.2, 0.25) is 0 Å². The molecule has 31 nitrogen and oxygen atoms in total. The molecular formula is C78H121F2N13O18S. The Hall–Kier alpha value is -8.76. The second kappa shape index (κ2) is 45.2. The number of carboxylic acids is 1. The molecule has 2 heterocycles. The molecule has 13 amide bonds. The third kappa shape index (κ3) is 28.4. The number of nitrogens with one attached hydrogen (secondary N) is 7. The number of unbranched alkanes of at least 4 members (excludes halogenated alkanes) is 2. The Morgan fingerprint density at radius 1 is 0.750 bits per heavy atom. The Balaban J connectivity index is 1.16. The second-order valence-electron chi connectivity index (χ2n) is 30.9. The number of amides is 13. The Morgan fingerprint density at radius 3 is 1.99 bits per heavy atom. The van der Waals surface area contributed by atoms with Gasteiger partial charge in [0, 0.05) is 97.3 Å². The third-order valence-electron chi connectivity index (χ3n) is 21.0. The SMILES string of the molecule is CC[C@H](C)C([C@@H](CC(=O)N1C[C@@H](OC(=O)N(C)CCNC(=O)OCc2ccc(NC(=O)C(CCCNC(N)=O)NC(=O)[C@@H](NC(=O)CCCCCN3C(=O)CC(SCC4(CC(=O)O)CC4)C3=O)C(C)C)cc2)C[C@H]1[C@H](OC)[C@@H](C)C(=O)NCCc1c(F)cccc1F)OC)N(C)C(=O)[C@@H](NC(=O)[C@H](C(C)C)N(C)C)C(C)C. The number of carbonyl (C=O) groups is 13. The van der Waals surface area contributed by atoms with Gasteiger partial charge in [-0.1, -0.05) is 93.4 Å². The van der Waals surface area contributed by atoms with Crippen molar-refractivity contribution in [3.8, 4) is 0 Å². The number of likely N-dealkylation sites (tertiary alicyclic amines) is 2. The van der Waals surface area contributed by atoms with Crippen molar-refractivity contribution in [2.45, 2.75) is 219 Å². The highest BCUT2D eigenvalue weighted by molar-refractivity contribution is 8.00. The lowest BCUT2D eigenvalue weighted by molar-refractivity contribution is -0.148. The van der Waals surface area contributed by atoms with Crippen LogP contribution in [0.15, 0.2) is 42.5 Å². The van der Waals surface area contributed by atoms with Gasteiger partial charge in [-0.2, -0.15) is 0 Å². The molecule has 2 saturated heterocycles. The molecule has 3 unspecified atom stereocenters. The molecule has 0 radical (unpaired) electrons. The predicted octanol–water partition coefficient (Wildman–Crippen LogP) is 5.93. The lowest BCUT2D eigenvalue weighted by atomic mass is 9.89. The fourth-order valence-corrected chi connectivity index (χ4v) is 15.7. The summed E-state index contributed by atoms with van der Waals surface area (Å²) in [7, 11) is 9.46. The molecule has 112 heavy (non-hydrogen) atoms. The summed E-state index contributed by atoms with van der Waals surface area (Å²) in [5.74, 6) is -7.89. The van der Waals surface area contributed by atoms with E-state index in [1.807, 2.05) is 41.5 Å². The molecule has 34 heteroatoms. The standard InChI is InChI=1S/C78H121F2N13O18S/c1-16-48(8)67(91(13)74(104)65(46(4)5)88-72(102)66(47(6)7)89(10)11)58(108-14)39-61(95)93-42-52(38-57(93)68(109-15)49(9)69(99)82-34-30-53-54(79)22-20-23-55(53)80)111-77(107)90(12)37-35-84-76(106)110-43-50-26-28-51(29-27-50)85-70(100)56(24-21-33-83-75(81)105)86-71(101)64(45(2)3)87-60(94)25-18-17-19-36-92-62(96)40-59(73(92)103)112-44-78(31-32-78)41-63(97)98/h20,22-23,26-29,45-49,52,56-59,64-68H,16-19,21,24-25,30-44H2,1-15H3,(H,82,99)(H,84,106)(H,85,100)(H,86,101)(H,87,94)(H,88,102)(H,97,98)(H3,81,83,105)/t48-,49+,52-,56?,57-,58+,59?,64-,65-,66-,67?,68+/m0/s1. The second-order valence-corrected chi connectivity index (χ2v) is 32.1. The highest BCUT2D eigenvalue weighted by Crippen LogP contribution is 2.52. The normalized spacial score (nSPS) is 18.3. The largest absolute Gasteiger partial charge is 0.481 e. The highest BCUT2D eigenvalue weighted by Gasteiger charge is 2.49. The van der Waals surface area contributed by atoms with Crippen LogP contribution in [0, 0.1) is 46.6 Å². The van der Waals surface area contributed by atoms with E-state index in [4.69, 9.17) is 24.7 Å². The van der Waals surface area contributed by atoms with E-state index in [9.17, 15) is 71.4 Å². The molecule has 3 aliphatic rings. The summed E-state index contributed by atoms with van der Waals surface area (Å²) in [5.41, 5.74) is 5.57. The topological polar surface area (TPSA) is 405 Å². The van der Waals surface area contributed by atoms with Gasteiger partial charge in [0.25, 0.3) is 0 Å². The number of aliphatic carboxylic acids is 1. The Labute approximate surface area is 660 Å². The number of halogens is 2. The zero-order valence-electron chi connectivity index (χ0n) is 67.6. The lowest BCUT2D eigenvalue weighted by Gasteiger charge is -2.41. The van der Waals surface area contributed by atoms with Crippen LogP contribution in [0.1, 0.15) is 157 Å². The van der Waals surface area contributed by atoms with Crippen LogP contribution in [0.3, 0.4) is 0 Å². The Kier molecular flexibility index (Phi) is 37.9. The van der Waals surface area contributed by atoms with Gasteiger partial charge in [-0.3, -0.25) is 57.7 Å². The van der Waals surface area contributed by atoms with Gasteiger partial charge in [0.2, 0.25) is 53.2 Å². The number of nitrogens with two attached hydrogens (primary N) is 1. The average Bonchev–Trinajstić information content (AvgIpc) is 1.73. The number of methoxy groups -OCH3 is 2. The minimum absolute atomic E-state index is 0.00405. The van der Waals surface area contributed by atoms with Crippen LogP contribution < -0.4 is 43.0 Å². The molecule has 2 aromatic carbocycles. The monoisotopic (exact) mass is 1600 g/mol. The molecule has 2 aliphatic heterocycles. The van der Waals surface area contributed by atoms with Crippen molar-refractivity contribution in [3.05, 3.63) is 65.2 Å². The molecule has 0 aromatic heterocycles. The van der Waals surface area contributed by atoms with Crippen molar-refractivity contribution < 1.29 is 95.2 Å². The van der Waals surface area contributed by atoms with Gasteiger partial charge in [0.05, 0.1) is 60.9 Å². The van der Waals surface area contributed by atoms with Crippen LogP contribution in [0.5, 0.6) is 0 Å². The molecule has 10 N–H and O–H groups in total. The van der Waals surface area contributed by atoms with E-state index in [0.29, 0.717) is 42.7 Å². The lowest BCUT2D eigenvalue weighted by Crippen LogP contribution is -2.59. The Morgan fingerprint density at radius 2 is 1.41 bits per heavy atom. The number of rotatable bonds is 47. The molecular weight excluding hydrogens is 1480 g/mol. The number of likely N-dealkylation sites (N-methyl/N-ethyl adjacent to an activating group) is 3. The fourth-order valence-electron chi connectivity index (χ4n) is 14.2. The van der Waals surface area contributed by atoms with Crippen LogP contribution in [0.25, 0.3) is 0 Å². The zero-order chi connectivity index (χ0) is 83.4. The smallest absolute Gasteiger partial charge is 0.409 e. The summed E-state index contributed by atoms with van der Waals surface area (Å²) in [6.45, 7) is 16.0. The van der Waals surface area contributed by atoms with Crippen LogP contribution in [-0.4, -0.2) is 254 Å². The first-order valence-corrected chi connectivity index (χ1v) is 39.7. The number of benzene rings is 2. The fraction of sp³-hybridized carbons (Fsp3) is 0.679. The van der Waals surface area contributed by atoms with Gasteiger partial charge >= 0.3 is 24.2 Å². The molecule has 3 fully saturated rings. The maximum absolute atomic E-state index is 15.0. The van der Waals surface area contributed by atoms with E-state index in [1.165, 1.54) is 58.7 Å². The predicted molar refractivity (Wildman–Crippen MR) is 415 cm³/mol. The minimum Gasteiger partial charge on any atom is -0.481 e. The number of imide groups is 1. The maximum atomic E-state index is 15.0. The first-order chi connectivity index (χ1) is 52.9. The van der Waals surface area contributed by atoms with Crippen molar-refractivity contribution in [2.75, 3.05) is 92.7 Å². The number of carboxylic acid groups (broad SMARTS) is 1. The number of anilines is 1. The van der Waals surface area contributed by atoms with Gasteiger partial charge in [-0.25, -0.2) is 23.2 Å². The number of ether oxygens (including phenoxy) is 4. The average molecular weight is 1600 g/mol. The number of urea groups is 1. The summed E-state index contributed by atoms with van der Waals surface area (Å²) in [6, 6.07) is 3.75. The van der Waals surface area contributed by atoms with Crippen molar-refractivity contribution in [1.29, 1.82) is 0 Å². The molecule has 0 bridgehead atoms. The molecule has 0 spiro atoms. The van der Waals surface area contributed by atoms with E-state index in [0.717, 1.165) is 25.0 Å². The number of carbonyl (C=O) groups excluding carboxylic acids is 12. The van der Waals surface area contributed by atoms with Gasteiger partial charge in [0.1, 0.15) is 42.5 Å². The maximum Gasteiger partial charge on any atom is 0.409 e. The first kappa shape index (κ1) is 93.8. The summed E-state index contributed by atoms with van der Waals surface area (Å²) < 4.78 is 52.7. The summed E-state index contributed by atoms with van der Waals surface area (Å²) in [4.78, 5) is 181. The quantitative estimate of drug-likeness (QED) is 0.0274. The number of thioether (sulfide) groups is 1. The van der Waals surface area contributed by atoms with Crippen molar-refractivity contribution in [2.24, 2.45) is 40.7 Å². The van der Waals surface area contributed by atoms with E-state index >= 15 is 4.79 Å². The van der Waals surface area contributed by atoms with Crippen LogP contribution >= 0.6 is 11.8 Å². The molecule has 626 valence electrons. The van der Waals surface area contributed by atoms with Gasteiger partial charge < -0.3 is 81.7 Å². The molecule has 1 aliphatic carbocycles. The summed E-state index contributed by atoms with van der Waals surface area (Å²) in [5, 5.41) is 27.8. The summed E-state index contributed by atoms with van der Waals surface area (Å²) in [6.07, 6.45) is -1.10. The van der Waals surface area contributed by atoms with E-state index in [1.54, 1.807) is 71.1 Å². The number of nitrogens with zero attached hydrogens (tertiary/aromatic N) is 5. The third-order valence-corrected chi connectivity index (χ3v) is 22.6. The first-order valence-electron chi connectivity index (χ1n) is 38.7. The molecule has 2 aromatic rings. The van der Waals surface area contributed by atoms with Gasteiger partial charge in [-0.05, 0) is 118 Å². The van der Waals surface area contributed by atoms with Crippen molar-refractivity contribution in [1.82, 2.24) is 56.4 Å². The van der Waals surface area contributed by atoms with E-state index < -0.39 is 137 Å². The number of primary amides is 1. The van der Waals surface area contributed by atoms with Crippen LogP contribution in [-0.2, 0) is 79.9 Å². The van der Waals surface area contributed by atoms with Crippen LogP contribution in [0.4, 0.5) is 28.9 Å². The molecule has 1 saturated carbocycles.